The molecule has 1 heterocycles. The number of alkyl halides is 4. The summed E-state index contributed by atoms with van der Waals surface area (Å²) in [6, 6.07) is 11.6. The van der Waals surface area contributed by atoms with Gasteiger partial charge in [0.25, 0.3) is 0 Å². The van der Waals surface area contributed by atoms with E-state index in [2.05, 4.69) is 5.32 Å². The first-order valence-electron chi connectivity index (χ1n) is 9.29. The molecule has 162 valence electrons. The van der Waals surface area contributed by atoms with Crippen LogP contribution in [-0.2, 0) is 16.1 Å². The number of anilines is 1. The van der Waals surface area contributed by atoms with Crippen LogP contribution in [0.15, 0.2) is 42.5 Å². The molecule has 3 rings (SSSR count). The number of rotatable bonds is 8. The van der Waals surface area contributed by atoms with Gasteiger partial charge in [-0.2, -0.15) is 8.78 Å². The summed E-state index contributed by atoms with van der Waals surface area (Å²) in [5.74, 6) is -3.77. The summed E-state index contributed by atoms with van der Waals surface area (Å²) in [5, 5.41) is 2.75. The quantitative estimate of drug-likeness (QED) is 0.625. The number of carbonyl (C=O) groups is 1. The number of halogens is 4. The van der Waals surface area contributed by atoms with E-state index in [0.717, 1.165) is 5.56 Å². The van der Waals surface area contributed by atoms with Crippen molar-refractivity contribution in [2.24, 2.45) is 0 Å². The Labute approximate surface area is 170 Å². The highest BCUT2D eigenvalue weighted by atomic mass is 19.3. The van der Waals surface area contributed by atoms with Gasteiger partial charge in [0.2, 0.25) is 5.91 Å². The molecule has 1 atom stereocenters. The Balaban J connectivity index is 1.59. The predicted molar refractivity (Wildman–Crippen MR) is 102 cm³/mol. The standard InChI is InChI=1S/C21H21F4NO4/c1-13(15-5-6-17-18(10-15)30-8-7-29-17)19(27)26-16-4-2-3-14(9-16)11-28-12-21(24,25)20(22)23/h2-6,9-10,13,20H,7-8,11-12H2,1H3,(H,26,27). The molecule has 1 amide bonds. The molecule has 30 heavy (non-hydrogen) atoms. The van der Waals surface area contributed by atoms with Gasteiger partial charge in [0.15, 0.2) is 11.5 Å². The summed E-state index contributed by atoms with van der Waals surface area (Å²) in [5.41, 5.74) is 1.64. The highest BCUT2D eigenvalue weighted by Crippen LogP contribution is 2.33. The van der Waals surface area contributed by atoms with E-state index in [-0.39, 0.29) is 12.5 Å². The van der Waals surface area contributed by atoms with Gasteiger partial charge in [-0.05, 0) is 42.3 Å². The summed E-state index contributed by atoms with van der Waals surface area (Å²) in [7, 11) is 0. The normalized spacial score (nSPS) is 14.5. The van der Waals surface area contributed by atoms with Crippen LogP contribution in [-0.4, -0.2) is 38.1 Å². The van der Waals surface area contributed by atoms with Crippen molar-refractivity contribution < 1.29 is 36.6 Å². The van der Waals surface area contributed by atoms with Gasteiger partial charge >= 0.3 is 12.3 Å². The molecule has 5 nitrogen and oxygen atoms in total. The Morgan fingerprint density at radius 1 is 1.13 bits per heavy atom. The molecule has 0 aromatic heterocycles. The molecule has 0 fully saturated rings. The van der Waals surface area contributed by atoms with Gasteiger partial charge in [0, 0.05) is 5.69 Å². The number of hydrogen-bond acceptors (Lipinski definition) is 4. The smallest absolute Gasteiger partial charge is 0.330 e. The van der Waals surface area contributed by atoms with Gasteiger partial charge in [-0.1, -0.05) is 18.2 Å². The largest absolute Gasteiger partial charge is 0.486 e. The molecular formula is C21H21F4NO4. The van der Waals surface area contributed by atoms with Crippen molar-refractivity contribution in [3.8, 4) is 11.5 Å². The van der Waals surface area contributed by atoms with Crippen LogP contribution in [0.3, 0.4) is 0 Å². The zero-order valence-electron chi connectivity index (χ0n) is 16.2. The van der Waals surface area contributed by atoms with Crippen molar-refractivity contribution in [2.75, 3.05) is 25.1 Å². The van der Waals surface area contributed by atoms with Crippen molar-refractivity contribution in [1.29, 1.82) is 0 Å². The minimum absolute atomic E-state index is 0.283. The van der Waals surface area contributed by atoms with Gasteiger partial charge in [-0.15, -0.1) is 0 Å². The lowest BCUT2D eigenvalue weighted by atomic mass is 9.99. The third kappa shape index (κ3) is 5.41. The number of amides is 1. The maximum atomic E-state index is 12.9. The van der Waals surface area contributed by atoms with E-state index >= 15 is 0 Å². The van der Waals surface area contributed by atoms with Crippen LogP contribution in [0.4, 0.5) is 23.2 Å². The van der Waals surface area contributed by atoms with Gasteiger partial charge in [0.1, 0.15) is 19.8 Å². The van der Waals surface area contributed by atoms with Crippen molar-refractivity contribution in [1.82, 2.24) is 0 Å². The van der Waals surface area contributed by atoms with E-state index in [0.29, 0.717) is 36.0 Å². The van der Waals surface area contributed by atoms with Crippen LogP contribution < -0.4 is 14.8 Å². The Kier molecular flexibility index (Phi) is 6.81. The molecule has 0 spiro atoms. The lowest BCUT2D eigenvalue weighted by Crippen LogP contribution is -2.32. The SMILES string of the molecule is CC(C(=O)Nc1cccc(COCC(F)(F)C(F)F)c1)c1ccc2c(c1)OCCO2. The monoisotopic (exact) mass is 427 g/mol. The molecule has 9 heteroatoms. The fraction of sp³-hybridized carbons (Fsp3) is 0.381. The maximum Gasteiger partial charge on any atom is 0.330 e. The predicted octanol–water partition coefficient (Wildman–Crippen LogP) is 4.62. The first-order chi connectivity index (χ1) is 14.3. The molecule has 1 unspecified atom stereocenters. The third-order valence-electron chi connectivity index (χ3n) is 4.54. The average Bonchev–Trinajstić information content (AvgIpc) is 2.73. The summed E-state index contributed by atoms with van der Waals surface area (Å²) in [4.78, 5) is 12.6. The summed E-state index contributed by atoms with van der Waals surface area (Å²) >= 11 is 0. The highest BCUT2D eigenvalue weighted by Gasteiger charge is 2.40. The first kappa shape index (κ1) is 21.9. The lowest BCUT2D eigenvalue weighted by molar-refractivity contribution is -0.168. The first-order valence-corrected chi connectivity index (χ1v) is 9.29. The second-order valence-corrected chi connectivity index (χ2v) is 6.87. The van der Waals surface area contributed by atoms with Crippen LogP contribution in [0.2, 0.25) is 0 Å². The number of ether oxygens (including phenoxy) is 3. The molecule has 0 aliphatic carbocycles. The Bertz CT molecular complexity index is 891. The Morgan fingerprint density at radius 2 is 1.87 bits per heavy atom. The number of carbonyl (C=O) groups excluding carboxylic acids is 1. The molecule has 1 aliphatic heterocycles. The summed E-state index contributed by atoms with van der Waals surface area (Å²) < 4.78 is 65.8. The van der Waals surface area contributed by atoms with Crippen molar-refractivity contribution >= 4 is 11.6 Å². The number of hydrogen-bond donors (Lipinski definition) is 1. The zero-order chi connectivity index (χ0) is 21.7. The molecule has 0 bridgehead atoms. The molecule has 0 radical (unpaired) electrons. The third-order valence-corrected chi connectivity index (χ3v) is 4.54. The van der Waals surface area contributed by atoms with Gasteiger partial charge in [-0.3, -0.25) is 4.79 Å². The van der Waals surface area contributed by atoms with Crippen LogP contribution in [0.1, 0.15) is 24.0 Å². The fourth-order valence-corrected chi connectivity index (χ4v) is 2.84. The summed E-state index contributed by atoms with van der Waals surface area (Å²) in [6.45, 7) is 0.976. The minimum Gasteiger partial charge on any atom is -0.486 e. The van der Waals surface area contributed by atoms with Crippen molar-refractivity contribution in [3.63, 3.8) is 0 Å². The van der Waals surface area contributed by atoms with Gasteiger partial charge in [-0.25, -0.2) is 8.78 Å². The van der Waals surface area contributed by atoms with Crippen molar-refractivity contribution in [2.45, 2.75) is 31.8 Å². The Morgan fingerprint density at radius 3 is 2.60 bits per heavy atom. The van der Waals surface area contributed by atoms with Crippen LogP contribution in [0, 0.1) is 0 Å². The highest BCUT2D eigenvalue weighted by molar-refractivity contribution is 5.95. The van der Waals surface area contributed by atoms with Crippen LogP contribution in [0.5, 0.6) is 11.5 Å². The number of fused-ring (bicyclic) bond motifs is 1. The van der Waals surface area contributed by atoms with E-state index < -0.39 is 24.9 Å². The van der Waals surface area contributed by atoms with Crippen molar-refractivity contribution in [3.05, 3.63) is 53.6 Å². The number of benzene rings is 2. The van der Waals surface area contributed by atoms with E-state index in [1.165, 1.54) is 6.07 Å². The molecule has 0 saturated carbocycles. The van der Waals surface area contributed by atoms with Gasteiger partial charge in [0.05, 0.1) is 12.5 Å². The molecule has 1 N–H and O–H groups in total. The molecule has 1 aliphatic rings. The molecule has 2 aromatic carbocycles. The van der Waals surface area contributed by atoms with E-state index in [1.54, 1.807) is 43.3 Å². The van der Waals surface area contributed by atoms with Crippen LogP contribution >= 0.6 is 0 Å². The zero-order valence-corrected chi connectivity index (χ0v) is 16.2. The average molecular weight is 427 g/mol. The molecule has 2 aromatic rings. The van der Waals surface area contributed by atoms with E-state index in [1.807, 2.05) is 0 Å². The summed E-state index contributed by atoms with van der Waals surface area (Å²) in [6.07, 6.45) is -3.79. The second kappa shape index (κ2) is 9.34. The topological polar surface area (TPSA) is 56.8 Å². The lowest BCUT2D eigenvalue weighted by Gasteiger charge is -2.20. The molecule has 0 saturated heterocycles. The Hall–Kier alpha value is -2.81. The maximum absolute atomic E-state index is 12.9. The van der Waals surface area contributed by atoms with Gasteiger partial charge < -0.3 is 19.5 Å². The van der Waals surface area contributed by atoms with Crippen LogP contribution in [0.25, 0.3) is 0 Å². The molecular weight excluding hydrogens is 406 g/mol. The van der Waals surface area contributed by atoms with E-state index in [4.69, 9.17) is 14.2 Å². The second-order valence-electron chi connectivity index (χ2n) is 6.87. The minimum atomic E-state index is -4.20. The fourth-order valence-electron chi connectivity index (χ4n) is 2.84. The number of nitrogens with one attached hydrogen (secondary N) is 1. The van der Waals surface area contributed by atoms with E-state index in [9.17, 15) is 22.4 Å².